The van der Waals surface area contributed by atoms with E-state index in [1.54, 1.807) is 12.1 Å². The van der Waals surface area contributed by atoms with Gasteiger partial charge < -0.3 is 10.1 Å². The number of hydrogen-bond acceptors (Lipinski definition) is 2. The van der Waals surface area contributed by atoms with Crippen molar-refractivity contribution in [1.29, 1.82) is 0 Å². The van der Waals surface area contributed by atoms with Gasteiger partial charge in [0.05, 0.1) is 13.2 Å². The lowest BCUT2D eigenvalue weighted by molar-refractivity contribution is 0.106. The van der Waals surface area contributed by atoms with Gasteiger partial charge in [-0.05, 0) is 29.8 Å². The minimum atomic E-state index is -0.197. The van der Waals surface area contributed by atoms with Gasteiger partial charge in [0.15, 0.2) is 0 Å². The van der Waals surface area contributed by atoms with Gasteiger partial charge in [0.25, 0.3) is 0 Å². The molecule has 0 radical (unpaired) electrons. The number of ether oxygens (including phenoxy) is 1. The molecule has 0 aromatic heterocycles. The molecule has 0 aliphatic rings. The van der Waals surface area contributed by atoms with E-state index in [9.17, 15) is 4.39 Å². The van der Waals surface area contributed by atoms with E-state index in [1.165, 1.54) is 6.07 Å². The number of rotatable bonds is 8. The van der Waals surface area contributed by atoms with E-state index in [1.807, 2.05) is 36.4 Å². The Labute approximate surface area is 126 Å². The van der Waals surface area contributed by atoms with E-state index in [4.69, 9.17) is 4.74 Å². The lowest BCUT2D eigenvalue weighted by atomic mass is 10.00. The van der Waals surface area contributed by atoms with Crippen LogP contribution < -0.4 is 5.32 Å². The Hall–Kier alpha value is -1.71. The zero-order valence-electron chi connectivity index (χ0n) is 12.4. The summed E-state index contributed by atoms with van der Waals surface area (Å²) in [5.41, 5.74) is 2.13. The van der Waals surface area contributed by atoms with Gasteiger partial charge >= 0.3 is 0 Å². The number of likely N-dealkylation sites (N-methyl/N-ethyl adjacent to an activating group) is 1. The smallest absolute Gasteiger partial charge is 0.123 e. The van der Waals surface area contributed by atoms with Gasteiger partial charge in [-0.2, -0.15) is 0 Å². The van der Waals surface area contributed by atoms with Crippen LogP contribution in [0.15, 0.2) is 54.6 Å². The minimum Gasteiger partial charge on any atom is -0.376 e. The normalized spacial score (nSPS) is 12.3. The molecule has 1 atom stereocenters. The summed E-state index contributed by atoms with van der Waals surface area (Å²) in [4.78, 5) is 0. The summed E-state index contributed by atoms with van der Waals surface area (Å²) in [6, 6.07) is 16.8. The molecule has 3 heteroatoms. The first-order chi connectivity index (χ1) is 10.3. The topological polar surface area (TPSA) is 21.3 Å². The molecule has 0 bridgehead atoms. The molecule has 2 nitrogen and oxygen atoms in total. The molecule has 0 fully saturated rings. The highest BCUT2D eigenvalue weighted by molar-refractivity contribution is 5.21. The predicted octanol–water partition coefficient (Wildman–Crippen LogP) is 3.74. The van der Waals surface area contributed by atoms with Crippen LogP contribution >= 0.6 is 0 Å². The van der Waals surface area contributed by atoms with E-state index >= 15 is 0 Å². The van der Waals surface area contributed by atoms with Crippen LogP contribution in [0.25, 0.3) is 0 Å². The molecular formula is C18H22FNO. The van der Waals surface area contributed by atoms with Crippen molar-refractivity contribution in [2.45, 2.75) is 19.4 Å². The fourth-order valence-electron chi connectivity index (χ4n) is 2.25. The highest BCUT2D eigenvalue weighted by Crippen LogP contribution is 2.17. The van der Waals surface area contributed by atoms with Crippen LogP contribution in [0.1, 0.15) is 24.0 Å². The molecule has 2 rings (SSSR count). The zero-order chi connectivity index (χ0) is 14.9. The average molecular weight is 287 g/mol. The molecule has 1 N–H and O–H groups in total. The third-order valence-electron chi connectivity index (χ3n) is 3.39. The third kappa shape index (κ3) is 5.29. The van der Waals surface area contributed by atoms with E-state index in [2.05, 4.69) is 12.2 Å². The van der Waals surface area contributed by atoms with E-state index in [0.717, 1.165) is 24.2 Å². The Bertz CT molecular complexity index is 530. The molecule has 21 heavy (non-hydrogen) atoms. The first-order valence-electron chi connectivity index (χ1n) is 7.37. The maximum atomic E-state index is 13.4. The molecule has 2 aromatic rings. The summed E-state index contributed by atoms with van der Waals surface area (Å²) in [6.07, 6.45) is 0. The zero-order valence-corrected chi connectivity index (χ0v) is 12.4. The van der Waals surface area contributed by atoms with Crippen LogP contribution in [0.4, 0.5) is 4.39 Å². The van der Waals surface area contributed by atoms with Crippen molar-refractivity contribution < 1.29 is 9.13 Å². The number of nitrogens with one attached hydrogen (secondary N) is 1. The van der Waals surface area contributed by atoms with Crippen molar-refractivity contribution in [2.75, 3.05) is 19.7 Å². The third-order valence-corrected chi connectivity index (χ3v) is 3.39. The molecule has 0 heterocycles. The second-order valence-corrected chi connectivity index (χ2v) is 5.06. The minimum absolute atomic E-state index is 0.157. The van der Waals surface area contributed by atoms with E-state index in [0.29, 0.717) is 13.2 Å². The summed E-state index contributed by atoms with van der Waals surface area (Å²) in [6.45, 7) is 4.90. The fraction of sp³-hybridized carbons (Fsp3) is 0.333. The van der Waals surface area contributed by atoms with Crippen LogP contribution in [0.5, 0.6) is 0 Å². The van der Waals surface area contributed by atoms with Crippen molar-refractivity contribution in [1.82, 2.24) is 5.32 Å². The Morgan fingerprint density at radius 3 is 2.62 bits per heavy atom. The molecule has 0 aliphatic heterocycles. The average Bonchev–Trinajstić information content (AvgIpc) is 2.51. The Kier molecular flexibility index (Phi) is 6.38. The Morgan fingerprint density at radius 1 is 1.10 bits per heavy atom. The summed E-state index contributed by atoms with van der Waals surface area (Å²) in [7, 11) is 0. The maximum Gasteiger partial charge on any atom is 0.123 e. The standard InChI is InChI=1S/C18H22FNO/c1-2-20-12-17(16-9-6-10-18(19)11-16)14-21-13-15-7-4-3-5-8-15/h3-11,17,20H,2,12-14H2,1H3. The molecule has 0 saturated heterocycles. The van der Waals surface area contributed by atoms with Crippen molar-refractivity contribution in [3.8, 4) is 0 Å². The van der Waals surface area contributed by atoms with E-state index < -0.39 is 0 Å². The van der Waals surface area contributed by atoms with Gasteiger partial charge in [0.2, 0.25) is 0 Å². The van der Waals surface area contributed by atoms with E-state index in [-0.39, 0.29) is 11.7 Å². The van der Waals surface area contributed by atoms with Gasteiger partial charge in [0.1, 0.15) is 5.82 Å². The number of halogens is 1. The molecule has 0 saturated carbocycles. The first-order valence-corrected chi connectivity index (χ1v) is 7.37. The number of benzene rings is 2. The molecular weight excluding hydrogens is 265 g/mol. The molecule has 0 spiro atoms. The largest absolute Gasteiger partial charge is 0.376 e. The van der Waals surface area contributed by atoms with Gasteiger partial charge in [-0.1, -0.05) is 49.4 Å². The molecule has 0 amide bonds. The quantitative estimate of drug-likeness (QED) is 0.798. The maximum absolute atomic E-state index is 13.4. The van der Waals surface area contributed by atoms with Crippen molar-refractivity contribution >= 4 is 0 Å². The predicted molar refractivity (Wildman–Crippen MR) is 83.8 cm³/mol. The highest BCUT2D eigenvalue weighted by Gasteiger charge is 2.12. The highest BCUT2D eigenvalue weighted by atomic mass is 19.1. The van der Waals surface area contributed by atoms with Crippen molar-refractivity contribution in [2.24, 2.45) is 0 Å². The monoisotopic (exact) mass is 287 g/mol. The van der Waals surface area contributed by atoms with Crippen LogP contribution in [0, 0.1) is 5.82 Å². The molecule has 1 unspecified atom stereocenters. The van der Waals surface area contributed by atoms with Crippen LogP contribution in [0.2, 0.25) is 0 Å². The van der Waals surface area contributed by atoms with Crippen molar-refractivity contribution in [3.05, 3.63) is 71.5 Å². The Morgan fingerprint density at radius 2 is 1.90 bits per heavy atom. The molecule has 0 aliphatic carbocycles. The van der Waals surface area contributed by atoms with Gasteiger partial charge in [-0.25, -0.2) is 4.39 Å². The summed E-state index contributed by atoms with van der Waals surface area (Å²) < 4.78 is 19.2. The lowest BCUT2D eigenvalue weighted by Gasteiger charge is -2.18. The van der Waals surface area contributed by atoms with Crippen LogP contribution in [-0.4, -0.2) is 19.7 Å². The second kappa shape index (κ2) is 8.55. The van der Waals surface area contributed by atoms with Crippen molar-refractivity contribution in [3.63, 3.8) is 0 Å². The van der Waals surface area contributed by atoms with Crippen LogP contribution in [-0.2, 0) is 11.3 Å². The molecule has 112 valence electrons. The van der Waals surface area contributed by atoms with Gasteiger partial charge in [-0.3, -0.25) is 0 Å². The Balaban J connectivity index is 1.93. The molecule has 2 aromatic carbocycles. The van der Waals surface area contributed by atoms with Gasteiger partial charge in [0, 0.05) is 12.5 Å². The second-order valence-electron chi connectivity index (χ2n) is 5.06. The van der Waals surface area contributed by atoms with Crippen LogP contribution in [0.3, 0.4) is 0 Å². The van der Waals surface area contributed by atoms with Gasteiger partial charge in [-0.15, -0.1) is 0 Å². The SMILES string of the molecule is CCNCC(COCc1ccccc1)c1cccc(F)c1. The summed E-state index contributed by atoms with van der Waals surface area (Å²) in [5.74, 6) is -0.0404. The fourth-order valence-corrected chi connectivity index (χ4v) is 2.25. The number of hydrogen-bond donors (Lipinski definition) is 1. The summed E-state index contributed by atoms with van der Waals surface area (Å²) >= 11 is 0. The summed E-state index contributed by atoms with van der Waals surface area (Å²) in [5, 5.41) is 3.31. The first kappa shape index (κ1) is 15.7. The lowest BCUT2D eigenvalue weighted by Crippen LogP contribution is -2.24.